The minimum absolute atomic E-state index is 0.0377. The van der Waals surface area contributed by atoms with Crippen molar-refractivity contribution in [3.8, 4) is 11.5 Å². The zero-order valence-corrected chi connectivity index (χ0v) is 13.1. The molecule has 0 saturated heterocycles. The van der Waals surface area contributed by atoms with Gasteiger partial charge in [0, 0.05) is 12.1 Å². The van der Waals surface area contributed by atoms with Gasteiger partial charge in [-0.25, -0.2) is 0 Å². The van der Waals surface area contributed by atoms with Crippen molar-refractivity contribution in [2.24, 2.45) is 0 Å². The normalized spacial score (nSPS) is 12.7. The van der Waals surface area contributed by atoms with Gasteiger partial charge in [0.15, 0.2) is 11.5 Å². The number of halogens is 1. The second-order valence-corrected chi connectivity index (χ2v) is 5.42. The number of benzene rings is 1. The molecular formula is C15H17ClN2O4. The molecule has 22 heavy (non-hydrogen) atoms. The summed E-state index contributed by atoms with van der Waals surface area (Å²) in [7, 11) is 0. The van der Waals surface area contributed by atoms with Crippen molar-refractivity contribution < 1.29 is 19.1 Å². The van der Waals surface area contributed by atoms with Gasteiger partial charge in [0.05, 0.1) is 11.6 Å². The third-order valence-electron chi connectivity index (χ3n) is 2.75. The topological polar surface area (TPSA) is 76.7 Å². The number of fused-ring (bicyclic) bond motifs is 1. The molecule has 1 aromatic carbocycles. The fourth-order valence-electron chi connectivity index (χ4n) is 1.85. The second kappa shape index (κ2) is 7.17. The lowest BCUT2D eigenvalue weighted by atomic mass is 10.2. The molecule has 2 N–H and O–H groups in total. The Bertz CT molecular complexity index is 614. The van der Waals surface area contributed by atoms with E-state index in [1.54, 1.807) is 18.2 Å². The van der Waals surface area contributed by atoms with E-state index in [4.69, 9.17) is 21.1 Å². The fraction of sp³-hybridized carbons (Fsp3) is 0.333. The maximum absolute atomic E-state index is 11.7. The molecule has 2 amide bonds. The molecule has 6 nitrogen and oxygen atoms in total. The molecule has 0 radical (unpaired) electrons. The van der Waals surface area contributed by atoms with E-state index in [0.717, 1.165) is 0 Å². The molecule has 0 unspecified atom stereocenters. The maximum atomic E-state index is 11.7. The van der Waals surface area contributed by atoms with Crippen LogP contribution in [0.5, 0.6) is 11.5 Å². The summed E-state index contributed by atoms with van der Waals surface area (Å²) >= 11 is 6.05. The van der Waals surface area contributed by atoms with Gasteiger partial charge in [-0.2, -0.15) is 0 Å². The molecule has 1 aromatic rings. The molecule has 0 saturated carbocycles. The van der Waals surface area contributed by atoms with Crippen LogP contribution in [-0.2, 0) is 9.59 Å². The highest BCUT2D eigenvalue weighted by Crippen LogP contribution is 2.39. The lowest BCUT2D eigenvalue weighted by Gasteiger charge is -2.08. The van der Waals surface area contributed by atoms with Crippen molar-refractivity contribution in [1.29, 1.82) is 0 Å². The van der Waals surface area contributed by atoms with Gasteiger partial charge in [-0.05, 0) is 37.6 Å². The van der Waals surface area contributed by atoms with E-state index in [0.29, 0.717) is 22.1 Å². The number of ether oxygens (including phenoxy) is 2. The van der Waals surface area contributed by atoms with E-state index in [-0.39, 0.29) is 31.2 Å². The monoisotopic (exact) mass is 324 g/mol. The molecule has 0 aromatic heterocycles. The Kier molecular flexibility index (Phi) is 5.27. The molecule has 0 bridgehead atoms. The van der Waals surface area contributed by atoms with Gasteiger partial charge < -0.3 is 20.1 Å². The molecular weight excluding hydrogens is 308 g/mol. The molecule has 7 heteroatoms. The zero-order valence-electron chi connectivity index (χ0n) is 12.3. The third kappa shape index (κ3) is 4.39. The standard InChI is InChI=1S/C15H17ClN2O4/c1-9(2)18-14(20)7-17-13(19)4-3-10-5-11(16)15-12(6-10)21-8-22-15/h3-6,9H,7-8H2,1-2H3,(H,17,19)(H,18,20)/b4-3+. The molecule has 1 aliphatic rings. The number of hydrogen-bond acceptors (Lipinski definition) is 4. The summed E-state index contributed by atoms with van der Waals surface area (Å²) in [4.78, 5) is 23.1. The van der Waals surface area contributed by atoms with Crippen LogP contribution < -0.4 is 20.1 Å². The van der Waals surface area contributed by atoms with Crippen LogP contribution in [0.1, 0.15) is 19.4 Å². The van der Waals surface area contributed by atoms with Gasteiger partial charge >= 0.3 is 0 Å². The van der Waals surface area contributed by atoms with E-state index in [1.165, 1.54) is 6.08 Å². The van der Waals surface area contributed by atoms with Crippen molar-refractivity contribution in [3.63, 3.8) is 0 Å². The Morgan fingerprint density at radius 3 is 2.86 bits per heavy atom. The van der Waals surface area contributed by atoms with Crippen LogP contribution in [0.4, 0.5) is 0 Å². The Morgan fingerprint density at radius 1 is 1.36 bits per heavy atom. The maximum Gasteiger partial charge on any atom is 0.244 e. The van der Waals surface area contributed by atoms with E-state index in [1.807, 2.05) is 13.8 Å². The van der Waals surface area contributed by atoms with Crippen LogP contribution in [-0.4, -0.2) is 31.2 Å². The number of rotatable bonds is 5. The van der Waals surface area contributed by atoms with Crippen molar-refractivity contribution in [2.75, 3.05) is 13.3 Å². The van der Waals surface area contributed by atoms with Gasteiger partial charge in [0.25, 0.3) is 0 Å². The van der Waals surface area contributed by atoms with Crippen molar-refractivity contribution in [3.05, 3.63) is 28.8 Å². The Labute approximate surface area is 133 Å². The first kappa shape index (κ1) is 16.2. The summed E-state index contributed by atoms with van der Waals surface area (Å²) in [5.74, 6) is 0.452. The summed E-state index contributed by atoms with van der Waals surface area (Å²) < 4.78 is 10.5. The van der Waals surface area contributed by atoms with Crippen LogP contribution in [0.15, 0.2) is 18.2 Å². The van der Waals surface area contributed by atoms with Crippen LogP contribution in [0.3, 0.4) is 0 Å². The van der Waals surface area contributed by atoms with E-state index >= 15 is 0 Å². The van der Waals surface area contributed by atoms with Gasteiger partial charge in [-0.1, -0.05) is 11.6 Å². The first-order valence-corrected chi connectivity index (χ1v) is 7.18. The first-order chi connectivity index (χ1) is 10.5. The van der Waals surface area contributed by atoms with Crippen LogP contribution in [0.25, 0.3) is 6.08 Å². The predicted molar refractivity (Wildman–Crippen MR) is 82.9 cm³/mol. The van der Waals surface area contributed by atoms with Gasteiger partial charge in [0.2, 0.25) is 18.6 Å². The average molecular weight is 325 g/mol. The lowest BCUT2D eigenvalue weighted by molar-refractivity contribution is -0.124. The number of carbonyl (C=O) groups excluding carboxylic acids is 2. The minimum Gasteiger partial charge on any atom is -0.454 e. The first-order valence-electron chi connectivity index (χ1n) is 6.80. The number of hydrogen-bond donors (Lipinski definition) is 2. The van der Waals surface area contributed by atoms with E-state index in [9.17, 15) is 9.59 Å². The minimum atomic E-state index is -0.368. The molecule has 0 spiro atoms. The summed E-state index contributed by atoms with van der Waals surface area (Å²) in [6, 6.07) is 3.43. The Morgan fingerprint density at radius 2 is 2.14 bits per heavy atom. The summed E-state index contributed by atoms with van der Waals surface area (Å²) in [5.41, 5.74) is 0.705. The third-order valence-corrected chi connectivity index (χ3v) is 3.03. The smallest absolute Gasteiger partial charge is 0.244 e. The summed E-state index contributed by atoms with van der Waals surface area (Å²) in [6.45, 7) is 3.77. The highest BCUT2D eigenvalue weighted by molar-refractivity contribution is 6.32. The SMILES string of the molecule is CC(C)NC(=O)CNC(=O)/C=C/c1cc(Cl)c2c(c1)OCO2. The Hall–Kier alpha value is -2.21. The van der Waals surface area contributed by atoms with Crippen LogP contribution in [0, 0.1) is 0 Å². The molecule has 2 rings (SSSR count). The molecule has 1 aliphatic heterocycles. The lowest BCUT2D eigenvalue weighted by Crippen LogP contribution is -2.39. The van der Waals surface area contributed by atoms with Crippen molar-refractivity contribution in [1.82, 2.24) is 10.6 Å². The highest BCUT2D eigenvalue weighted by atomic mass is 35.5. The van der Waals surface area contributed by atoms with Gasteiger partial charge in [-0.3, -0.25) is 9.59 Å². The molecule has 1 heterocycles. The molecule has 0 fully saturated rings. The largest absolute Gasteiger partial charge is 0.454 e. The average Bonchev–Trinajstić information content (AvgIpc) is 2.91. The van der Waals surface area contributed by atoms with Crippen molar-refractivity contribution in [2.45, 2.75) is 19.9 Å². The van der Waals surface area contributed by atoms with E-state index in [2.05, 4.69) is 10.6 Å². The van der Waals surface area contributed by atoms with Crippen LogP contribution >= 0.6 is 11.6 Å². The quantitative estimate of drug-likeness (QED) is 0.809. The van der Waals surface area contributed by atoms with Gasteiger partial charge in [-0.15, -0.1) is 0 Å². The highest BCUT2D eigenvalue weighted by Gasteiger charge is 2.17. The summed E-state index contributed by atoms with van der Waals surface area (Å²) in [5, 5.41) is 5.60. The number of amides is 2. The van der Waals surface area contributed by atoms with Crippen LogP contribution in [0.2, 0.25) is 5.02 Å². The number of carbonyl (C=O) groups is 2. The molecule has 118 valence electrons. The summed E-state index contributed by atoms with van der Waals surface area (Å²) in [6.07, 6.45) is 2.92. The molecule has 0 atom stereocenters. The molecule has 0 aliphatic carbocycles. The Balaban J connectivity index is 1.90. The zero-order chi connectivity index (χ0) is 16.1. The van der Waals surface area contributed by atoms with Gasteiger partial charge in [0.1, 0.15) is 0 Å². The number of nitrogens with one attached hydrogen (secondary N) is 2. The fourth-order valence-corrected chi connectivity index (χ4v) is 2.13. The second-order valence-electron chi connectivity index (χ2n) is 5.01. The van der Waals surface area contributed by atoms with Crippen molar-refractivity contribution >= 4 is 29.5 Å². The predicted octanol–water partition coefficient (Wildman–Crippen LogP) is 1.72. The van der Waals surface area contributed by atoms with E-state index < -0.39 is 0 Å².